The quantitative estimate of drug-likeness (QED) is 0.536. The van der Waals surface area contributed by atoms with Gasteiger partial charge in [-0.1, -0.05) is 0 Å². The Morgan fingerprint density at radius 1 is 0.906 bits per heavy atom. The highest BCUT2D eigenvalue weighted by Gasteiger charge is 2.37. The van der Waals surface area contributed by atoms with Crippen LogP contribution in [0, 0.1) is 13.8 Å². The van der Waals surface area contributed by atoms with Crippen LogP contribution in [-0.4, -0.2) is 38.9 Å². The highest BCUT2D eigenvalue weighted by atomic mass is 16.5. The van der Waals surface area contributed by atoms with E-state index in [1.807, 2.05) is 18.4 Å². The standard InChI is InChI=1S/C27H32N2O3/c1-18-19(2)26-23(16-27(3,4)32-26)24(20-10-15-31-17-20)25(18)29-13-11-28(12-14-29)21-6-8-22(30-5)9-7-21/h6-10,15,17H,11-14,16H2,1-5H3. The van der Waals surface area contributed by atoms with E-state index in [1.54, 1.807) is 13.4 Å². The molecule has 3 heterocycles. The fourth-order valence-corrected chi connectivity index (χ4v) is 5.16. The average molecular weight is 433 g/mol. The SMILES string of the molecule is COc1ccc(N2CCN(c3c(C)c(C)c4c(c3-c3ccoc3)CC(C)(C)O4)CC2)cc1. The first kappa shape index (κ1) is 20.8. The van der Waals surface area contributed by atoms with Gasteiger partial charge in [-0.05, 0) is 69.2 Å². The second-order valence-electron chi connectivity index (χ2n) is 9.50. The lowest BCUT2D eigenvalue weighted by Gasteiger charge is -2.39. The van der Waals surface area contributed by atoms with Gasteiger partial charge in [-0.3, -0.25) is 0 Å². The summed E-state index contributed by atoms with van der Waals surface area (Å²) in [5.41, 5.74) is 8.67. The van der Waals surface area contributed by atoms with E-state index in [2.05, 4.69) is 55.7 Å². The molecule has 0 aliphatic carbocycles. The van der Waals surface area contributed by atoms with E-state index in [4.69, 9.17) is 13.9 Å². The molecule has 2 aromatic carbocycles. The third-order valence-electron chi connectivity index (χ3n) is 6.90. The Morgan fingerprint density at radius 2 is 1.59 bits per heavy atom. The van der Waals surface area contributed by atoms with Crippen LogP contribution < -0.4 is 19.3 Å². The maximum Gasteiger partial charge on any atom is 0.127 e. The molecule has 5 nitrogen and oxygen atoms in total. The number of rotatable bonds is 4. The maximum atomic E-state index is 6.41. The van der Waals surface area contributed by atoms with Gasteiger partial charge >= 0.3 is 0 Å². The summed E-state index contributed by atoms with van der Waals surface area (Å²) in [7, 11) is 1.71. The van der Waals surface area contributed by atoms with Gasteiger partial charge in [0.1, 0.15) is 17.1 Å². The van der Waals surface area contributed by atoms with Gasteiger partial charge in [0, 0.05) is 60.7 Å². The van der Waals surface area contributed by atoms with Crippen LogP contribution in [0.2, 0.25) is 0 Å². The number of piperazine rings is 1. The van der Waals surface area contributed by atoms with Crippen LogP contribution in [0.5, 0.6) is 11.5 Å². The first-order valence-corrected chi connectivity index (χ1v) is 11.4. The average Bonchev–Trinajstić information content (AvgIpc) is 3.44. The van der Waals surface area contributed by atoms with Crippen LogP contribution in [0.3, 0.4) is 0 Å². The molecule has 2 aliphatic heterocycles. The van der Waals surface area contributed by atoms with E-state index < -0.39 is 0 Å². The fraction of sp³-hybridized carbons (Fsp3) is 0.407. The number of hydrogen-bond donors (Lipinski definition) is 0. The lowest BCUT2D eigenvalue weighted by atomic mass is 9.88. The zero-order valence-electron chi connectivity index (χ0n) is 19.7. The summed E-state index contributed by atoms with van der Waals surface area (Å²) in [5, 5.41) is 0. The Kier molecular flexibility index (Phi) is 5.07. The molecule has 0 unspecified atom stereocenters. The van der Waals surface area contributed by atoms with E-state index in [-0.39, 0.29) is 5.60 Å². The molecule has 1 saturated heterocycles. The van der Waals surface area contributed by atoms with Crippen molar-refractivity contribution < 1.29 is 13.9 Å². The third kappa shape index (κ3) is 3.50. The van der Waals surface area contributed by atoms with Crippen molar-refractivity contribution in [3.05, 3.63) is 59.5 Å². The summed E-state index contributed by atoms with van der Waals surface area (Å²) in [6, 6.07) is 10.4. The highest BCUT2D eigenvalue weighted by molar-refractivity contribution is 5.88. The smallest absolute Gasteiger partial charge is 0.127 e. The zero-order chi connectivity index (χ0) is 22.5. The van der Waals surface area contributed by atoms with E-state index in [0.29, 0.717) is 0 Å². The maximum absolute atomic E-state index is 6.41. The van der Waals surface area contributed by atoms with Gasteiger partial charge < -0.3 is 23.7 Å². The molecular weight excluding hydrogens is 400 g/mol. The Labute approximate surface area is 190 Å². The molecule has 1 fully saturated rings. The Hall–Kier alpha value is -3.08. The lowest BCUT2D eigenvalue weighted by Crippen LogP contribution is -2.47. The van der Waals surface area contributed by atoms with Crippen molar-refractivity contribution in [2.75, 3.05) is 43.1 Å². The topological polar surface area (TPSA) is 38.1 Å². The minimum atomic E-state index is -0.191. The normalized spacial score (nSPS) is 17.3. The summed E-state index contributed by atoms with van der Waals surface area (Å²) in [6.07, 6.45) is 4.54. The first-order chi connectivity index (χ1) is 15.4. The molecule has 1 aromatic heterocycles. The van der Waals surface area contributed by atoms with E-state index >= 15 is 0 Å². The fourth-order valence-electron chi connectivity index (χ4n) is 5.16. The lowest BCUT2D eigenvalue weighted by molar-refractivity contribution is 0.137. The molecule has 32 heavy (non-hydrogen) atoms. The van der Waals surface area contributed by atoms with Crippen LogP contribution >= 0.6 is 0 Å². The largest absolute Gasteiger partial charge is 0.497 e. The van der Waals surface area contributed by atoms with Gasteiger partial charge in [-0.2, -0.15) is 0 Å². The van der Waals surface area contributed by atoms with Crippen molar-refractivity contribution in [2.45, 2.75) is 39.7 Å². The molecule has 168 valence electrons. The predicted octanol–water partition coefficient (Wildman–Crippen LogP) is 5.61. The minimum absolute atomic E-state index is 0.191. The third-order valence-corrected chi connectivity index (χ3v) is 6.90. The summed E-state index contributed by atoms with van der Waals surface area (Å²) >= 11 is 0. The van der Waals surface area contributed by atoms with Crippen LogP contribution in [0.4, 0.5) is 11.4 Å². The number of hydrogen-bond acceptors (Lipinski definition) is 5. The second kappa shape index (κ2) is 7.80. The summed E-state index contributed by atoms with van der Waals surface area (Å²) in [5.74, 6) is 1.95. The molecule has 0 N–H and O–H groups in total. The Bertz CT molecular complexity index is 1110. The number of nitrogens with zero attached hydrogens (tertiary/aromatic N) is 2. The molecule has 2 aliphatic rings. The summed E-state index contributed by atoms with van der Waals surface area (Å²) < 4.78 is 17.2. The molecule has 0 spiro atoms. The van der Waals surface area contributed by atoms with Crippen molar-refractivity contribution in [1.29, 1.82) is 0 Å². The summed E-state index contributed by atoms with van der Waals surface area (Å²) in [6.45, 7) is 12.7. The van der Waals surface area contributed by atoms with Crippen molar-refractivity contribution in [2.24, 2.45) is 0 Å². The van der Waals surface area contributed by atoms with Crippen molar-refractivity contribution in [1.82, 2.24) is 0 Å². The van der Waals surface area contributed by atoms with E-state index in [9.17, 15) is 0 Å². The van der Waals surface area contributed by atoms with Crippen molar-refractivity contribution in [3.63, 3.8) is 0 Å². The van der Waals surface area contributed by atoms with Gasteiger partial charge in [-0.25, -0.2) is 0 Å². The van der Waals surface area contributed by atoms with Crippen molar-refractivity contribution in [3.8, 4) is 22.6 Å². The van der Waals surface area contributed by atoms with Gasteiger partial charge in [0.15, 0.2) is 0 Å². The molecule has 0 saturated carbocycles. The van der Waals surface area contributed by atoms with Crippen LogP contribution in [-0.2, 0) is 6.42 Å². The zero-order valence-corrected chi connectivity index (χ0v) is 19.7. The minimum Gasteiger partial charge on any atom is -0.497 e. The van der Waals surface area contributed by atoms with E-state index in [1.165, 1.54) is 33.6 Å². The number of anilines is 2. The van der Waals surface area contributed by atoms with Gasteiger partial charge in [-0.15, -0.1) is 0 Å². The Morgan fingerprint density at radius 3 is 2.22 bits per heavy atom. The second-order valence-corrected chi connectivity index (χ2v) is 9.50. The van der Waals surface area contributed by atoms with Crippen LogP contribution in [0.25, 0.3) is 11.1 Å². The molecule has 3 aromatic rings. The number of furan rings is 1. The summed E-state index contributed by atoms with van der Waals surface area (Å²) in [4.78, 5) is 5.01. The number of ether oxygens (including phenoxy) is 2. The highest BCUT2D eigenvalue weighted by Crippen LogP contribution is 2.50. The molecule has 5 rings (SSSR count). The molecule has 0 bridgehead atoms. The molecular formula is C27H32N2O3. The number of fused-ring (bicyclic) bond motifs is 1. The number of benzene rings is 2. The Balaban J connectivity index is 1.50. The van der Waals surface area contributed by atoms with E-state index in [0.717, 1.165) is 49.7 Å². The van der Waals surface area contributed by atoms with Gasteiger partial charge in [0.05, 0.1) is 19.6 Å². The molecule has 0 radical (unpaired) electrons. The molecule has 0 atom stereocenters. The van der Waals surface area contributed by atoms with Gasteiger partial charge in [0.2, 0.25) is 0 Å². The molecule has 0 amide bonds. The van der Waals surface area contributed by atoms with Gasteiger partial charge in [0.25, 0.3) is 0 Å². The molecule has 5 heteroatoms. The first-order valence-electron chi connectivity index (χ1n) is 11.4. The number of methoxy groups -OCH3 is 1. The van der Waals surface area contributed by atoms with Crippen LogP contribution in [0.1, 0.15) is 30.5 Å². The van der Waals surface area contributed by atoms with Crippen molar-refractivity contribution >= 4 is 11.4 Å². The predicted molar refractivity (Wildman–Crippen MR) is 129 cm³/mol. The van der Waals surface area contributed by atoms with Crippen LogP contribution in [0.15, 0.2) is 47.3 Å². The monoisotopic (exact) mass is 432 g/mol.